The SMILES string of the molecule is CC(C)(CNCC(=O)C(N)=O)CNC(=O)c1ccc(Nc2nc(NC3(c4ccc(Cl)cc4)C=C3)nc(OCC(F)(F)F)n2)c(O)c1. The van der Waals surface area contributed by atoms with Gasteiger partial charge in [0, 0.05) is 23.7 Å². The average molecular weight is 663 g/mol. The van der Waals surface area contributed by atoms with Gasteiger partial charge in [-0.25, -0.2) is 0 Å². The van der Waals surface area contributed by atoms with E-state index in [0.717, 1.165) is 5.56 Å². The first kappa shape index (κ1) is 33.9. The molecule has 46 heavy (non-hydrogen) atoms. The standard InChI is InChI=1S/C29H30ClF3N8O5/c1-27(2,13-35-12-21(43)22(34)44)14-36-23(45)16-3-8-19(20(42)11-16)37-24-38-25(40-26(39-24)46-15-29(31,32)33)41-28(9-10-28)17-4-6-18(30)7-5-17/h3-11,35,42H,12-15H2,1-2H3,(H2,34,44)(H,36,45)(H2,37,38,39,40,41). The number of aromatic hydroxyl groups is 1. The molecular weight excluding hydrogens is 633 g/mol. The lowest BCUT2D eigenvalue weighted by molar-refractivity contribution is -0.154. The minimum absolute atomic E-state index is 0.0380. The third-order valence-corrected chi connectivity index (χ3v) is 6.77. The van der Waals surface area contributed by atoms with Gasteiger partial charge in [-0.1, -0.05) is 49.7 Å². The largest absolute Gasteiger partial charge is 0.506 e. The number of ether oxygens (including phenoxy) is 1. The molecule has 0 aliphatic heterocycles. The van der Waals surface area contributed by atoms with Crippen molar-refractivity contribution in [2.45, 2.75) is 25.6 Å². The van der Waals surface area contributed by atoms with E-state index in [4.69, 9.17) is 22.1 Å². The second kappa shape index (κ2) is 13.6. The zero-order valence-corrected chi connectivity index (χ0v) is 25.3. The van der Waals surface area contributed by atoms with Crippen molar-refractivity contribution < 1.29 is 37.4 Å². The van der Waals surface area contributed by atoms with Crippen molar-refractivity contribution in [1.29, 1.82) is 0 Å². The molecule has 244 valence electrons. The summed E-state index contributed by atoms with van der Waals surface area (Å²) < 4.78 is 43.4. The molecule has 0 radical (unpaired) electrons. The molecule has 0 unspecified atom stereocenters. The molecule has 1 aliphatic carbocycles. The van der Waals surface area contributed by atoms with Crippen LogP contribution in [-0.4, -0.2) is 70.1 Å². The van der Waals surface area contributed by atoms with Crippen LogP contribution in [0.5, 0.6) is 11.8 Å². The van der Waals surface area contributed by atoms with Crippen LogP contribution in [0.2, 0.25) is 5.02 Å². The Morgan fingerprint density at radius 1 is 1.00 bits per heavy atom. The van der Waals surface area contributed by atoms with Crippen molar-refractivity contribution in [3.8, 4) is 11.8 Å². The van der Waals surface area contributed by atoms with E-state index in [1.165, 1.54) is 18.2 Å². The van der Waals surface area contributed by atoms with Gasteiger partial charge in [-0.15, -0.1) is 0 Å². The highest BCUT2D eigenvalue weighted by Gasteiger charge is 2.37. The summed E-state index contributed by atoms with van der Waals surface area (Å²) in [5, 5.41) is 22.5. The molecule has 0 atom stereocenters. The van der Waals surface area contributed by atoms with Crippen LogP contribution < -0.4 is 31.7 Å². The summed E-state index contributed by atoms with van der Waals surface area (Å²) in [5.41, 5.74) is 4.51. The normalized spacial score (nSPS) is 13.5. The maximum Gasteiger partial charge on any atom is 0.422 e. The second-order valence-corrected chi connectivity index (χ2v) is 11.5. The molecule has 13 nitrogen and oxygen atoms in total. The van der Waals surface area contributed by atoms with E-state index in [-0.39, 0.29) is 48.5 Å². The molecule has 2 aromatic carbocycles. The fourth-order valence-corrected chi connectivity index (χ4v) is 4.13. The van der Waals surface area contributed by atoms with Crippen LogP contribution in [0.4, 0.5) is 30.8 Å². The van der Waals surface area contributed by atoms with E-state index in [1.807, 2.05) is 13.8 Å². The van der Waals surface area contributed by atoms with E-state index in [9.17, 15) is 32.7 Å². The number of halogens is 4. The Balaban J connectivity index is 1.45. The molecule has 7 N–H and O–H groups in total. The maximum absolute atomic E-state index is 12.9. The number of amides is 2. The van der Waals surface area contributed by atoms with Crippen molar-refractivity contribution >= 4 is 46.8 Å². The molecule has 0 saturated heterocycles. The van der Waals surface area contributed by atoms with Crippen molar-refractivity contribution in [2.75, 3.05) is 36.9 Å². The Bertz CT molecular complexity index is 1640. The molecule has 0 fully saturated rings. The van der Waals surface area contributed by atoms with Crippen LogP contribution in [-0.2, 0) is 15.1 Å². The topological polar surface area (TPSA) is 193 Å². The van der Waals surface area contributed by atoms with Crippen molar-refractivity contribution in [1.82, 2.24) is 25.6 Å². The predicted octanol–water partition coefficient (Wildman–Crippen LogP) is 3.19. The lowest BCUT2D eigenvalue weighted by Gasteiger charge is -2.25. The third-order valence-electron chi connectivity index (χ3n) is 6.52. The molecule has 4 rings (SSSR count). The van der Waals surface area contributed by atoms with E-state index in [0.29, 0.717) is 5.02 Å². The number of benzene rings is 2. The number of primary amides is 1. The van der Waals surface area contributed by atoms with Gasteiger partial charge in [-0.05, 0) is 41.3 Å². The first-order valence-electron chi connectivity index (χ1n) is 13.7. The summed E-state index contributed by atoms with van der Waals surface area (Å²) in [4.78, 5) is 47.1. The predicted molar refractivity (Wildman–Crippen MR) is 162 cm³/mol. The van der Waals surface area contributed by atoms with Crippen molar-refractivity contribution in [2.24, 2.45) is 11.1 Å². The van der Waals surface area contributed by atoms with E-state index in [1.54, 1.807) is 36.4 Å². The summed E-state index contributed by atoms with van der Waals surface area (Å²) in [5.74, 6) is -3.08. The minimum Gasteiger partial charge on any atom is -0.506 e. The van der Waals surface area contributed by atoms with Crippen molar-refractivity contribution in [3.63, 3.8) is 0 Å². The number of phenolic OH excluding ortho intramolecular Hbond substituents is 1. The summed E-state index contributed by atoms with van der Waals surface area (Å²) in [6.45, 7) is 2.22. The molecule has 0 bridgehead atoms. The molecule has 1 aromatic heterocycles. The smallest absolute Gasteiger partial charge is 0.422 e. The zero-order chi connectivity index (χ0) is 33.7. The van der Waals surface area contributed by atoms with E-state index in [2.05, 4.69) is 36.2 Å². The van der Waals surface area contributed by atoms with Gasteiger partial charge in [0.15, 0.2) is 6.61 Å². The minimum atomic E-state index is -4.65. The Morgan fingerprint density at radius 3 is 2.28 bits per heavy atom. The Morgan fingerprint density at radius 2 is 1.67 bits per heavy atom. The van der Waals surface area contributed by atoms with Gasteiger partial charge >= 0.3 is 12.2 Å². The number of phenols is 1. The number of rotatable bonds is 15. The molecular formula is C29H30ClF3N8O5. The Hall–Kier alpha value is -4.96. The fourth-order valence-electron chi connectivity index (χ4n) is 4.01. The lowest BCUT2D eigenvalue weighted by Crippen LogP contribution is -2.43. The van der Waals surface area contributed by atoms with Crippen LogP contribution in [0.3, 0.4) is 0 Å². The van der Waals surface area contributed by atoms with Gasteiger partial charge in [0.1, 0.15) is 11.3 Å². The van der Waals surface area contributed by atoms with Crippen LogP contribution in [0.1, 0.15) is 29.8 Å². The molecule has 0 saturated carbocycles. The van der Waals surface area contributed by atoms with E-state index < -0.39 is 47.3 Å². The van der Waals surface area contributed by atoms with Crippen molar-refractivity contribution in [3.05, 3.63) is 70.8 Å². The van der Waals surface area contributed by atoms with Gasteiger partial charge in [0.25, 0.3) is 11.8 Å². The van der Waals surface area contributed by atoms with E-state index >= 15 is 0 Å². The van der Waals surface area contributed by atoms with Gasteiger partial charge in [-0.2, -0.15) is 28.1 Å². The number of nitrogens with zero attached hydrogens (tertiary/aromatic N) is 3. The molecule has 1 heterocycles. The number of carbonyl (C=O) groups is 3. The summed E-state index contributed by atoms with van der Waals surface area (Å²) in [6.07, 6.45) is -1.07. The highest BCUT2D eigenvalue weighted by Crippen LogP contribution is 2.39. The number of anilines is 3. The summed E-state index contributed by atoms with van der Waals surface area (Å²) >= 11 is 5.98. The molecule has 0 spiro atoms. The zero-order valence-electron chi connectivity index (χ0n) is 24.5. The van der Waals surface area contributed by atoms with Crippen LogP contribution >= 0.6 is 11.6 Å². The lowest BCUT2D eigenvalue weighted by atomic mass is 9.93. The summed E-state index contributed by atoms with van der Waals surface area (Å²) in [6, 6.07) is 10.2. The molecule has 1 aliphatic rings. The first-order chi connectivity index (χ1) is 21.5. The number of nitrogens with two attached hydrogens (primary N) is 1. The molecule has 2 amide bonds. The average Bonchev–Trinajstić information content (AvgIpc) is 3.76. The Labute approximate surface area is 265 Å². The number of nitrogens with one attached hydrogen (secondary N) is 4. The molecule has 17 heteroatoms. The number of carbonyl (C=O) groups excluding carboxylic acids is 3. The number of ketones is 1. The third kappa shape index (κ3) is 9.52. The highest BCUT2D eigenvalue weighted by atomic mass is 35.5. The maximum atomic E-state index is 12.9. The number of aromatic nitrogens is 3. The first-order valence-corrected chi connectivity index (χ1v) is 14.0. The number of Topliss-reactive ketones (excluding diaryl/α,β-unsaturated/α-hetero) is 1. The van der Waals surface area contributed by atoms with Gasteiger partial charge in [0.2, 0.25) is 17.7 Å². The van der Waals surface area contributed by atoms with Crippen LogP contribution in [0.25, 0.3) is 0 Å². The number of alkyl halides is 3. The highest BCUT2D eigenvalue weighted by molar-refractivity contribution is 6.36. The Kier molecular flexibility index (Phi) is 10.0. The van der Waals surface area contributed by atoms with Crippen LogP contribution in [0, 0.1) is 5.41 Å². The number of hydrogen-bond acceptors (Lipinski definition) is 11. The number of hydrogen-bond donors (Lipinski definition) is 6. The molecule has 3 aromatic rings. The monoisotopic (exact) mass is 662 g/mol. The van der Waals surface area contributed by atoms with Crippen LogP contribution in [0.15, 0.2) is 54.6 Å². The quantitative estimate of drug-likeness (QED) is 0.0795. The van der Waals surface area contributed by atoms with Gasteiger partial charge in [0.05, 0.1) is 12.2 Å². The van der Waals surface area contributed by atoms with Gasteiger partial charge < -0.3 is 36.8 Å². The summed E-state index contributed by atoms with van der Waals surface area (Å²) in [7, 11) is 0. The second-order valence-electron chi connectivity index (χ2n) is 11.1. The fraction of sp³-hybridized carbons (Fsp3) is 0.310. The van der Waals surface area contributed by atoms with Gasteiger partial charge in [-0.3, -0.25) is 14.4 Å².